The predicted molar refractivity (Wildman–Crippen MR) is 180 cm³/mol. The van der Waals surface area contributed by atoms with Crippen molar-refractivity contribution in [2.24, 2.45) is 0 Å². The van der Waals surface area contributed by atoms with Crippen molar-refractivity contribution in [3.63, 3.8) is 0 Å². The van der Waals surface area contributed by atoms with Crippen LogP contribution in [0, 0.1) is 0 Å². The second-order valence-corrected chi connectivity index (χ2v) is 12.4. The molecule has 6 rings (SSSR count). The van der Waals surface area contributed by atoms with E-state index in [9.17, 15) is 14.7 Å². The van der Waals surface area contributed by atoms with Crippen LogP contribution < -0.4 is 20.7 Å². The number of hydrogen-bond donors (Lipinski definition) is 4. The van der Waals surface area contributed by atoms with Crippen LogP contribution in [0.2, 0.25) is 10.0 Å². The van der Waals surface area contributed by atoms with Gasteiger partial charge in [0, 0.05) is 74.3 Å². The van der Waals surface area contributed by atoms with Crippen molar-refractivity contribution in [2.45, 2.75) is 44.5 Å². The Labute approximate surface area is 282 Å². The van der Waals surface area contributed by atoms with Crippen LogP contribution in [0.15, 0.2) is 60.9 Å². The number of β-amino-alcohol motifs (C(OH)–C–C–N with tert-alkyl or cyclic N) is 1. The number of aromatic nitrogens is 3. The van der Waals surface area contributed by atoms with Gasteiger partial charge in [-0.2, -0.15) is 0 Å². The standard InChI is InChI=1S/C34H35Cl2N7O4/c1-47-34-21(16-37-17-22-7-10-29(45)40-22)6-9-26(42-34)24-11-13-38-32(31(24)36)25-3-2-4-27(30(25)35)41-33(46)28-8-5-20(15-39-28)18-43-14-12-23(44)19-43/h2-6,8-9,11,13,15,22-23,37,44H,7,10,12,14,16-19H2,1H3,(H,40,45)(H,41,46)/t22?,23-/m0/s1. The Kier molecular flexibility index (Phi) is 10.3. The molecule has 1 unspecified atom stereocenters. The number of nitrogens with zero attached hydrogens (tertiary/aromatic N) is 4. The van der Waals surface area contributed by atoms with Crippen molar-refractivity contribution < 1.29 is 19.4 Å². The Morgan fingerprint density at radius 2 is 1.96 bits per heavy atom. The molecule has 244 valence electrons. The number of nitrogens with one attached hydrogen (secondary N) is 3. The van der Waals surface area contributed by atoms with Gasteiger partial charge in [-0.15, -0.1) is 0 Å². The Bertz CT molecular complexity index is 1770. The smallest absolute Gasteiger partial charge is 0.274 e. The van der Waals surface area contributed by atoms with Gasteiger partial charge in [0.2, 0.25) is 11.8 Å². The van der Waals surface area contributed by atoms with Crippen LogP contribution in [0.5, 0.6) is 5.88 Å². The molecule has 0 aliphatic carbocycles. The zero-order valence-electron chi connectivity index (χ0n) is 25.8. The second-order valence-electron chi connectivity index (χ2n) is 11.7. The molecule has 4 aromatic rings. The van der Waals surface area contributed by atoms with Gasteiger partial charge in [-0.3, -0.25) is 24.5 Å². The summed E-state index contributed by atoms with van der Waals surface area (Å²) in [6.45, 7) is 3.31. The van der Waals surface area contributed by atoms with Crippen molar-refractivity contribution in [1.82, 2.24) is 30.5 Å². The van der Waals surface area contributed by atoms with Crippen LogP contribution in [-0.2, 0) is 17.9 Å². The lowest BCUT2D eigenvalue weighted by Gasteiger charge is -2.15. The van der Waals surface area contributed by atoms with Gasteiger partial charge in [-0.05, 0) is 42.7 Å². The van der Waals surface area contributed by atoms with E-state index in [1.807, 2.05) is 18.2 Å². The van der Waals surface area contributed by atoms with Crippen LogP contribution in [-0.4, -0.2) is 75.7 Å². The van der Waals surface area contributed by atoms with E-state index < -0.39 is 5.91 Å². The molecule has 1 aromatic carbocycles. The molecule has 0 radical (unpaired) electrons. The molecule has 0 saturated carbocycles. The van der Waals surface area contributed by atoms with Gasteiger partial charge in [-0.25, -0.2) is 4.98 Å². The molecule has 2 aliphatic heterocycles. The molecular weight excluding hydrogens is 641 g/mol. The Balaban J connectivity index is 1.16. The Morgan fingerprint density at radius 1 is 1.09 bits per heavy atom. The second kappa shape index (κ2) is 14.7. The number of aliphatic hydroxyl groups excluding tert-OH is 1. The molecule has 13 heteroatoms. The zero-order valence-corrected chi connectivity index (χ0v) is 27.3. The number of rotatable bonds is 11. The van der Waals surface area contributed by atoms with Gasteiger partial charge in [0.1, 0.15) is 5.69 Å². The fourth-order valence-electron chi connectivity index (χ4n) is 5.84. The number of methoxy groups -OCH3 is 1. The average Bonchev–Trinajstić information content (AvgIpc) is 3.69. The molecule has 2 aliphatic rings. The summed E-state index contributed by atoms with van der Waals surface area (Å²) >= 11 is 13.8. The molecule has 2 atom stereocenters. The Morgan fingerprint density at radius 3 is 2.68 bits per heavy atom. The first-order chi connectivity index (χ1) is 22.8. The van der Waals surface area contributed by atoms with Gasteiger partial charge in [0.05, 0.1) is 40.3 Å². The molecule has 3 aromatic heterocycles. The summed E-state index contributed by atoms with van der Waals surface area (Å²) in [5.41, 5.74) is 4.68. The normalized spacial score (nSPS) is 17.9. The number of carbonyl (C=O) groups is 2. The molecule has 2 fully saturated rings. The number of aliphatic hydroxyl groups is 1. The SMILES string of the molecule is COc1nc(-c2ccnc(-c3cccc(NC(=O)c4ccc(CN5CC[C@H](O)C5)cn4)c3Cl)c2Cl)ccc1CNCC1CCC(=O)N1. The highest BCUT2D eigenvalue weighted by Crippen LogP contribution is 2.40. The van der Waals surface area contributed by atoms with E-state index in [0.717, 1.165) is 30.5 Å². The molecule has 4 N–H and O–H groups in total. The molecule has 0 bridgehead atoms. The van der Waals surface area contributed by atoms with E-state index >= 15 is 0 Å². The van der Waals surface area contributed by atoms with Crippen LogP contribution in [0.1, 0.15) is 40.9 Å². The van der Waals surface area contributed by atoms with Gasteiger partial charge >= 0.3 is 0 Å². The molecule has 5 heterocycles. The third-order valence-corrected chi connectivity index (χ3v) is 9.09. The largest absolute Gasteiger partial charge is 0.481 e. The van der Waals surface area contributed by atoms with Gasteiger partial charge in [0.25, 0.3) is 5.91 Å². The summed E-state index contributed by atoms with van der Waals surface area (Å²) in [5, 5.41) is 19.6. The van der Waals surface area contributed by atoms with Crippen molar-refractivity contribution in [3.8, 4) is 28.4 Å². The first-order valence-electron chi connectivity index (χ1n) is 15.4. The minimum atomic E-state index is -0.404. The molecular formula is C34H35Cl2N7O4. The topological polar surface area (TPSA) is 142 Å². The number of likely N-dealkylation sites (tertiary alicyclic amines) is 1. The third-order valence-electron chi connectivity index (χ3n) is 8.30. The first-order valence-corrected chi connectivity index (χ1v) is 16.2. The molecule has 11 nitrogen and oxygen atoms in total. The predicted octanol–water partition coefficient (Wildman–Crippen LogP) is 4.71. The van der Waals surface area contributed by atoms with E-state index in [0.29, 0.717) is 71.7 Å². The van der Waals surface area contributed by atoms with Crippen LogP contribution in [0.3, 0.4) is 0 Å². The molecule has 2 saturated heterocycles. The van der Waals surface area contributed by atoms with Crippen LogP contribution in [0.25, 0.3) is 22.5 Å². The number of pyridine rings is 3. The molecule has 2 amide bonds. The van der Waals surface area contributed by atoms with Crippen LogP contribution >= 0.6 is 23.2 Å². The van der Waals surface area contributed by atoms with E-state index in [1.54, 1.807) is 49.8 Å². The summed E-state index contributed by atoms with van der Waals surface area (Å²) in [4.78, 5) is 40.3. The number of halogens is 2. The third kappa shape index (κ3) is 7.72. The van der Waals surface area contributed by atoms with Crippen molar-refractivity contribution in [3.05, 3.63) is 87.8 Å². The van der Waals surface area contributed by atoms with E-state index in [-0.39, 0.29) is 28.8 Å². The van der Waals surface area contributed by atoms with Gasteiger partial charge < -0.3 is 25.8 Å². The summed E-state index contributed by atoms with van der Waals surface area (Å²) < 4.78 is 5.59. The van der Waals surface area contributed by atoms with Gasteiger partial charge in [-0.1, -0.05) is 47.5 Å². The van der Waals surface area contributed by atoms with E-state index in [2.05, 4.69) is 30.8 Å². The summed E-state index contributed by atoms with van der Waals surface area (Å²) in [6, 6.07) is 14.5. The maximum absolute atomic E-state index is 13.1. The number of hydrogen-bond acceptors (Lipinski definition) is 9. The molecule has 47 heavy (non-hydrogen) atoms. The van der Waals surface area contributed by atoms with Crippen molar-refractivity contribution in [1.29, 1.82) is 0 Å². The lowest BCUT2D eigenvalue weighted by Crippen LogP contribution is -2.35. The minimum Gasteiger partial charge on any atom is -0.481 e. The zero-order chi connectivity index (χ0) is 32.9. The van der Waals surface area contributed by atoms with Crippen molar-refractivity contribution in [2.75, 3.05) is 32.1 Å². The maximum Gasteiger partial charge on any atom is 0.274 e. The monoisotopic (exact) mass is 675 g/mol. The number of anilines is 1. The lowest BCUT2D eigenvalue weighted by molar-refractivity contribution is -0.119. The number of carbonyl (C=O) groups excluding carboxylic acids is 2. The number of benzene rings is 1. The number of amides is 2. The summed E-state index contributed by atoms with van der Waals surface area (Å²) in [7, 11) is 1.57. The fourth-order valence-corrected chi connectivity index (χ4v) is 6.41. The van der Waals surface area contributed by atoms with E-state index in [1.165, 1.54) is 0 Å². The maximum atomic E-state index is 13.1. The average molecular weight is 677 g/mol. The van der Waals surface area contributed by atoms with Gasteiger partial charge in [0.15, 0.2) is 0 Å². The van der Waals surface area contributed by atoms with E-state index in [4.69, 9.17) is 32.9 Å². The first kappa shape index (κ1) is 32.8. The van der Waals surface area contributed by atoms with Crippen molar-refractivity contribution >= 4 is 40.7 Å². The quantitative estimate of drug-likeness (QED) is 0.178. The number of ether oxygens (including phenoxy) is 1. The lowest BCUT2D eigenvalue weighted by atomic mass is 10.1. The molecule has 0 spiro atoms. The highest BCUT2D eigenvalue weighted by Gasteiger charge is 2.22. The summed E-state index contributed by atoms with van der Waals surface area (Å²) in [6.07, 6.45) is 5.16. The highest BCUT2D eigenvalue weighted by molar-refractivity contribution is 6.39. The Hall–Kier alpha value is -4.13. The highest BCUT2D eigenvalue weighted by atomic mass is 35.5. The minimum absolute atomic E-state index is 0.0849. The fraction of sp³-hybridized carbons (Fsp3) is 0.324. The summed E-state index contributed by atoms with van der Waals surface area (Å²) in [5.74, 6) is 0.139. The van der Waals surface area contributed by atoms with Crippen LogP contribution in [0.4, 0.5) is 5.69 Å².